The molecule has 2 aliphatic rings. The van der Waals surface area contributed by atoms with Crippen molar-refractivity contribution in [3.05, 3.63) is 0 Å². The molecule has 0 aromatic carbocycles. The number of rotatable bonds is 23. The van der Waals surface area contributed by atoms with Crippen LogP contribution in [0, 0.1) is 17.8 Å². The number of hydrogen-bond acceptors (Lipinski definition) is 20. The van der Waals surface area contributed by atoms with Gasteiger partial charge in [-0.05, 0) is 123 Å². The third kappa shape index (κ3) is 69.5. The number of nitrogens with zero attached hydrogens (tertiary/aromatic N) is 4. The SMILES string of the molecule is CC(=O)NC(C)C.CC(C)C(=O)N1CCC[C@@H]1C(=O)O.CC(C)C(=O)N1CCC[C@H]1C(=O)O.CC(C)C(=O)O.CC(C)N(C)S(=O)(=O)CC(=O)O.CC(C)N(C)S(C)(=O)=O.CC(C)NC(=O)CC(=O)O.CC(C)NC(=O)CN.CC(C)NS(=O)(=O)CC(=O)O.CC(C)NS(C)(=O)=O. The summed E-state index contributed by atoms with van der Waals surface area (Å²) in [6.45, 7) is 38.3. The van der Waals surface area contributed by atoms with Gasteiger partial charge in [0.15, 0.2) is 11.5 Å². The van der Waals surface area contributed by atoms with E-state index in [9.17, 15) is 86.4 Å². The molecule has 0 aromatic heterocycles. The van der Waals surface area contributed by atoms with Gasteiger partial charge in [0, 0.05) is 88.2 Å². The number of amides is 5. The van der Waals surface area contributed by atoms with E-state index in [2.05, 4.69) is 25.4 Å². The Labute approximate surface area is 576 Å². The number of likely N-dealkylation sites (tertiary alicyclic amines) is 2. The van der Waals surface area contributed by atoms with E-state index in [4.69, 9.17) is 36.4 Å². The molecular weight excluding hydrogens is 1360 g/mol. The van der Waals surface area contributed by atoms with E-state index in [1.165, 1.54) is 34.3 Å². The number of nitrogens with one attached hydrogen (secondary N) is 5. The molecule has 35 nitrogen and oxygen atoms in total. The summed E-state index contributed by atoms with van der Waals surface area (Å²) >= 11 is 0. The first kappa shape index (κ1) is 107. The fourth-order valence-electron chi connectivity index (χ4n) is 6.49. The molecule has 0 spiro atoms. The van der Waals surface area contributed by atoms with Gasteiger partial charge in [-0.3, -0.25) is 43.2 Å². The number of hydrogen-bond donors (Lipinski definition) is 12. The van der Waals surface area contributed by atoms with Crippen LogP contribution in [0.4, 0.5) is 0 Å². The van der Waals surface area contributed by atoms with Crippen LogP contribution < -0.4 is 31.1 Å². The lowest BCUT2D eigenvalue weighted by Crippen LogP contribution is -2.42. The molecule has 0 radical (unpaired) electrons. The van der Waals surface area contributed by atoms with Crippen molar-refractivity contribution in [2.24, 2.45) is 23.5 Å². The fraction of sp³-hybridized carbons (Fsp3) is 0.810. The predicted molar refractivity (Wildman–Crippen MR) is 369 cm³/mol. The van der Waals surface area contributed by atoms with Crippen molar-refractivity contribution in [3.8, 4) is 0 Å². The van der Waals surface area contributed by atoms with Crippen molar-refractivity contribution in [2.75, 3.05) is 57.7 Å². The van der Waals surface area contributed by atoms with Crippen LogP contribution >= 0.6 is 0 Å². The molecule has 2 rings (SSSR count). The molecule has 0 unspecified atom stereocenters. The summed E-state index contributed by atoms with van der Waals surface area (Å²) in [5.41, 5.74) is 5.01. The maximum absolute atomic E-state index is 11.5. The highest BCUT2D eigenvalue weighted by Gasteiger charge is 2.36. The van der Waals surface area contributed by atoms with Crippen molar-refractivity contribution in [3.63, 3.8) is 0 Å². The molecule has 2 saturated heterocycles. The molecule has 13 N–H and O–H groups in total. The van der Waals surface area contributed by atoms with Crippen LogP contribution in [0.15, 0.2) is 0 Å². The second-order valence-corrected chi connectivity index (χ2v) is 32.1. The Morgan fingerprint density at radius 2 is 0.784 bits per heavy atom. The number of carboxylic acid groups (broad SMARTS) is 6. The zero-order chi connectivity index (χ0) is 79.2. The fourth-order valence-corrected chi connectivity index (χ4v) is 10.4. The van der Waals surface area contributed by atoms with E-state index in [1.54, 1.807) is 104 Å². The summed E-state index contributed by atoms with van der Waals surface area (Å²) in [6, 6.07) is -1.11. The van der Waals surface area contributed by atoms with E-state index in [0.29, 0.717) is 25.9 Å². The van der Waals surface area contributed by atoms with Crippen molar-refractivity contribution < 1.29 is 117 Å². The summed E-state index contributed by atoms with van der Waals surface area (Å²) in [5.74, 6) is -9.06. The van der Waals surface area contributed by atoms with Gasteiger partial charge >= 0.3 is 35.8 Å². The average Bonchev–Trinajstić information content (AvgIpc) is 1.78. The van der Waals surface area contributed by atoms with E-state index in [-0.39, 0.29) is 90.2 Å². The van der Waals surface area contributed by atoms with E-state index in [0.717, 1.165) is 23.4 Å². The van der Waals surface area contributed by atoms with Crippen molar-refractivity contribution >= 4 is 105 Å². The number of carboxylic acids is 6. The maximum Gasteiger partial charge on any atom is 0.326 e. The van der Waals surface area contributed by atoms with Crippen LogP contribution in [-0.4, -0.2) is 260 Å². The van der Waals surface area contributed by atoms with Crippen molar-refractivity contribution in [2.45, 2.75) is 232 Å². The lowest BCUT2D eigenvalue weighted by atomic mass is 10.1. The Kier molecular flexibility index (Phi) is 60.2. The Bertz CT molecular complexity index is 2790. The first-order valence-electron chi connectivity index (χ1n) is 30.8. The number of aliphatic carboxylic acids is 6. The quantitative estimate of drug-likeness (QED) is 0.0645. The van der Waals surface area contributed by atoms with Gasteiger partial charge in [0.05, 0.1) is 25.0 Å². The minimum absolute atomic E-state index is 0.00463. The number of sulfonamides is 4. The first-order valence-corrected chi connectivity index (χ1v) is 37.8. The molecule has 2 aliphatic heterocycles. The lowest BCUT2D eigenvalue weighted by Gasteiger charge is -2.23. The van der Waals surface area contributed by atoms with Gasteiger partial charge in [-0.25, -0.2) is 61.3 Å². The molecule has 0 aliphatic carbocycles. The van der Waals surface area contributed by atoms with Crippen LogP contribution in [0.2, 0.25) is 0 Å². The topological polar surface area (TPSA) is 545 Å². The van der Waals surface area contributed by atoms with Crippen LogP contribution in [0.3, 0.4) is 0 Å². The molecule has 39 heteroatoms. The molecule has 5 amide bonds. The third-order valence-electron chi connectivity index (χ3n) is 10.9. The molecule has 0 bridgehead atoms. The molecule has 576 valence electrons. The van der Waals surface area contributed by atoms with Crippen LogP contribution in [-0.2, 0) is 92.8 Å². The van der Waals surface area contributed by atoms with Gasteiger partial charge < -0.3 is 62.1 Å². The predicted octanol–water partition coefficient (Wildman–Crippen LogP) is 1.52. The Balaban J connectivity index is -0.000000153. The van der Waals surface area contributed by atoms with Gasteiger partial charge in [0.1, 0.15) is 18.5 Å². The third-order valence-corrected chi connectivity index (χ3v) is 16.6. The molecule has 97 heavy (non-hydrogen) atoms. The standard InChI is InChI=1S/2C9H15NO3.C6H13NO4S.C6H11NO3.C5H12N2O.C5H11NO4S.C5H13NO2S.C5H11NO.C4H11NO2S.C4H8O2/c2*1-6(2)8(11)10-5-3-4-7(10)9(12)13;1-5(2)7(3)12(10,11)4-6(8)9;1-4(2)7-5(8)3-6(9)10;1-4(2)7-5(8)3-6;1-4(2)6-11(9,10)3-5(7)8;1-5(2)6(3)9(4,7)8;1-4(2)6-5(3)7;1-4(2)5-8(3,6)7;1-3(2)4(5)6/h2*6-7H,3-5H2,1-2H3,(H,12,13);5H,4H2,1-3H3,(H,8,9);4H,3H2,1-2H3,(H,7,8)(H,9,10);4H,3,6H2,1-2H3,(H,7,8);4,6H,3H2,1-2H3,(H,7,8);5H,1-4H3;4H,1-3H3,(H,6,7);4-5H,1-3H3;3H,1-2H3,(H,5,6)/t2*7-;;;;;;;;/m10......../s1. The highest BCUT2D eigenvalue weighted by Crippen LogP contribution is 2.21. The largest absolute Gasteiger partial charge is 0.481 e. The number of carbonyl (C=O) groups is 11. The lowest BCUT2D eigenvalue weighted by molar-refractivity contribution is -0.149. The molecule has 0 aromatic rings. The van der Waals surface area contributed by atoms with Gasteiger partial charge in [-0.15, -0.1) is 0 Å². The summed E-state index contributed by atoms with van der Waals surface area (Å²) in [7, 11) is -10.3. The van der Waals surface area contributed by atoms with Crippen LogP contribution in [0.25, 0.3) is 0 Å². The summed E-state index contributed by atoms with van der Waals surface area (Å²) in [5, 5.41) is 57.9. The number of carbonyl (C=O) groups excluding carboxylic acids is 5. The number of nitrogens with two attached hydrogens (primary N) is 1. The Hall–Kier alpha value is -6.23. The zero-order valence-electron chi connectivity index (χ0n) is 61.4. The molecule has 0 saturated carbocycles. The zero-order valence-corrected chi connectivity index (χ0v) is 64.7. The minimum atomic E-state index is -3.63. The highest BCUT2D eigenvalue weighted by molar-refractivity contribution is 7.90. The van der Waals surface area contributed by atoms with Crippen molar-refractivity contribution in [1.82, 2.24) is 43.8 Å². The van der Waals surface area contributed by atoms with Gasteiger partial charge in [-0.2, -0.15) is 0 Å². The summed E-state index contributed by atoms with van der Waals surface area (Å²) < 4.78 is 92.7. The van der Waals surface area contributed by atoms with Crippen LogP contribution in [0.1, 0.15) is 178 Å². The van der Waals surface area contributed by atoms with Crippen LogP contribution in [0.5, 0.6) is 0 Å². The normalized spacial score (nSPS) is 14.1. The minimum Gasteiger partial charge on any atom is -0.481 e. The summed E-state index contributed by atoms with van der Waals surface area (Å²) in [6.07, 6.45) is 4.69. The Morgan fingerprint density at radius 3 is 0.948 bits per heavy atom. The van der Waals surface area contributed by atoms with E-state index >= 15 is 0 Å². The molecule has 2 atom stereocenters. The second kappa shape index (κ2) is 54.7. The first-order chi connectivity index (χ1) is 43.4. The Morgan fingerprint density at radius 1 is 0.464 bits per heavy atom. The van der Waals surface area contributed by atoms with Gasteiger partial charge in [-0.1, -0.05) is 41.5 Å². The smallest absolute Gasteiger partial charge is 0.326 e. The molecule has 2 fully saturated rings. The monoisotopic (exact) mass is 1480 g/mol. The molecule has 2 heterocycles. The van der Waals surface area contributed by atoms with Gasteiger partial charge in [0.25, 0.3) is 0 Å². The van der Waals surface area contributed by atoms with Gasteiger partial charge in [0.2, 0.25) is 69.6 Å². The van der Waals surface area contributed by atoms with E-state index < -0.39 is 112 Å². The second-order valence-electron chi connectivity index (χ2n) is 24.5. The summed E-state index contributed by atoms with van der Waals surface area (Å²) in [4.78, 5) is 118. The maximum atomic E-state index is 11.5. The van der Waals surface area contributed by atoms with E-state index in [1.807, 2.05) is 41.5 Å². The highest BCUT2D eigenvalue weighted by atomic mass is 32.2. The average molecular weight is 1490 g/mol. The van der Waals surface area contributed by atoms with Crippen molar-refractivity contribution in [1.29, 1.82) is 0 Å². The molecular formula is C58H120N10O25S4.